The van der Waals surface area contributed by atoms with E-state index in [0.29, 0.717) is 29.9 Å². The van der Waals surface area contributed by atoms with Gasteiger partial charge in [0, 0.05) is 30.2 Å². The summed E-state index contributed by atoms with van der Waals surface area (Å²) in [5, 5.41) is 23.0. The summed E-state index contributed by atoms with van der Waals surface area (Å²) in [4.78, 5) is 24.7. The summed E-state index contributed by atoms with van der Waals surface area (Å²) in [6.07, 6.45) is 16.1. The highest BCUT2D eigenvalue weighted by Crippen LogP contribution is 2.35. The van der Waals surface area contributed by atoms with Crippen molar-refractivity contribution < 1.29 is 50.8 Å². The summed E-state index contributed by atoms with van der Waals surface area (Å²) in [5.74, 6) is -0.252. The normalized spacial score (nSPS) is 15.8. The second-order valence-corrected chi connectivity index (χ2v) is 9.96. The van der Waals surface area contributed by atoms with Crippen LogP contribution in [0.3, 0.4) is 0 Å². The number of benzene rings is 1. The average molecular weight is 608 g/mol. The fourth-order valence-corrected chi connectivity index (χ4v) is 4.70. The largest absolute Gasteiger partial charge is 1.00 e. The maximum absolute atomic E-state index is 12.7. The lowest BCUT2D eigenvalue weighted by molar-refractivity contribution is -0.686. The maximum Gasteiger partial charge on any atom is 0.372 e. The molecule has 1 aromatic heterocycles. The fourth-order valence-electron chi connectivity index (χ4n) is 4.70. The molecular weight excluding hydrogens is 564 g/mol. The summed E-state index contributed by atoms with van der Waals surface area (Å²) in [5.41, 5.74) is -0.482. The monoisotopic (exact) mass is 606 g/mol. The maximum atomic E-state index is 12.7. The molecule has 0 bridgehead atoms. The van der Waals surface area contributed by atoms with Crippen LogP contribution in [-0.2, 0) is 21.8 Å². The van der Waals surface area contributed by atoms with Crippen LogP contribution in [0.2, 0.25) is 0 Å². The van der Waals surface area contributed by atoms with Crippen molar-refractivity contribution in [1.29, 1.82) is 0 Å². The van der Waals surface area contributed by atoms with Crippen molar-refractivity contribution in [2.45, 2.75) is 89.8 Å². The molecule has 1 amide bonds. The molecule has 1 aliphatic heterocycles. The zero-order valence-corrected chi connectivity index (χ0v) is 24.6. The number of unbranched alkanes of at least 4 members (excludes halogenated alkanes) is 9. The SMILES string of the molecule is CCCCCCCCCCCCOc1cccc(C2(O)NC(=O)c3c[n+](CC(=O)OCCCO)ccc32)c1.[Br-]. The highest BCUT2D eigenvalue weighted by atomic mass is 79.9. The van der Waals surface area contributed by atoms with Gasteiger partial charge in [-0.1, -0.05) is 76.8 Å². The smallest absolute Gasteiger partial charge is 0.372 e. The first-order valence-electron chi connectivity index (χ1n) is 14.1. The van der Waals surface area contributed by atoms with Gasteiger partial charge >= 0.3 is 5.97 Å². The molecule has 1 unspecified atom stereocenters. The van der Waals surface area contributed by atoms with E-state index in [4.69, 9.17) is 14.6 Å². The number of nitrogens with one attached hydrogen (secondary N) is 1. The third kappa shape index (κ3) is 9.89. The van der Waals surface area contributed by atoms with E-state index in [2.05, 4.69) is 12.2 Å². The number of aromatic nitrogens is 1. The molecule has 8 nitrogen and oxygen atoms in total. The van der Waals surface area contributed by atoms with Crippen LogP contribution in [0.4, 0.5) is 0 Å². The van der Waals surface area contributed by atoms with Crippen LogP contribution in [-0.4, -0.2) is 41.9 Å². The molecule has 1 aromatic carbocycles. The van der Waals surface area contributed by atoms with E-state index in [1.165, 1.54) is 62.1 Å². The van der Waals surface area contributed by atoms with Crippen molar-refractivity contribution in [3.8, 4) is 5.75 Å². The zero-order valence-electron chi connectivity index (χ0n) is 23.0. The molecule has 2 aromatic rings. The summed E-state index contributed by atoms with van der Waals surface area (Å²) in [6, 6.07) is 8.79. The van der Waals surface area contributed by atoms with Crippen molar-refractivity contribution in [2.24, 2.45) is 0 Å². The van der Waals surface area contributed by atoms with Crippen LogP contribution in [0, 0.1) is 0 Å². The first kappa shape index (κ1) is 32.7. The lowest BCUT2D eigenvalue weighted by Gasteiger charge is -2.24. The Morgan fingerprint density at radius 3 is 2.36 bits per heavy atom. The lowest BCUT2D eigenvalue weighted by Crippen LogP contribution is -3.00. The molecule has 0 spiro atoms. The first-order chi connectivity index (χ1) is 18.5. The molecule has 3 rings (SSSR count). The number of carbonyl (C=O) groups is 2. The van der Waals surface area contributed by atoms with Gasteiger partial charge in [-0.15, -0.1) is 0 Å². The van der Waals surface area contributed by atoms with Crippen molar-refractivity contribution in [3.05, 3.63) is 59.4 Å². The number of carbonyl (C=O) groups excluding carboxylic acids is 2. The predicted molar refractivity (Wildman–Crippen MR) is 144 cm³/mol. The van der Waals surface area contributed by atoms with Crippen LogP contribution in [0.1, 0.15) is 99.0 Å². The highest BCUT2D eigenvalue weighted by molar-refractivity contribution is 5.99. The van der Waals surface area contributed by atoms with Gasteiger partial charge in [-0.2, -0.15) is 4.57 Å². The molecule has 0 saturated heterocycles. The molecule has 3 N–H and O–H groups in total. The summed E-state index contributed by atoms with van der Waals surface area (Å²) in [6.45, 7) is 2.86. The van der Waals surface area contributed by atoms with Crippen LogP contribution in [0.5, 0.6) is 5.75 Å². The number of hydrogen-bond donors (Lipinski definition) is 3. The Morgan fingerprint density at radius 2 is 1.67 bits per heavy atom. The summed E-state index contributed by atoms with van der Waals surface area (Å²) < 4.78 is 12.5. The van der Waals surface area contributed by atoms with Gasteiger partial charge in [-0.25, -0.2) is 4.79 Å². The molecule has 1 aliphatic rings. The van der Waals surface area contributed by atoms with Crippen molar-refractivity contribution in [2.75, 3.05) is 19.8 Å². The zero-order chi connectivity index (χ0) is 27.2. The standard InChI is InChI=1S/C30H42N2O6.BrH/c1-2-3-4-5-6-7-8-9-10-11-19-37-25-15-12-14-24(21-25)30(36)27-16-17-32(22-26(27)29(35)31-30)23-28(34)38-20-13-18-33;/h12,14-17,21-22,33,36H,2-11,13,18-20,23H2,1H3;1H. The molecule has 0 radical (unpaired) electrons. The molecule has 0 saturated carbocycles. The second kappa shape index (κ2) is 17.3. The Balaban J connectivity index is 0.00000533. The number of nitrogens with zero attached hydrogens (tertiary/aromatic N) is 1. The molecule has 9 heteroatoms. The number of ether oxygens (including phenoxy) is 2. The molecule has 216 valence electrons. The van der Waals surface area contributed by atoms with E-state index >= 15 is 0 Å². The number of rotatable bonds is 18. The number of aliphatic hydroxyl groups excluding tert-OH is 1. The van der Waals surface area contributed by atoms with Crippen LogP contribution in [0.25, 0.3) is 0 Å². The number of hydrogen-bond acceptors (Lipinski definition) is 6. The minimum absolute atomic E-state index is 0. The van der Waals surface area contributed by atoms with Gasteiger partial charge < -0.3 is 42.0 Å². The van der Waals surface area contributed by atoms with Gasteiger partial charge in [0.25, 0.3) is 5.91 Å². The van der Waals surface area contributed by atoms with Crippen molar-refractivity contribution >= 4 is 11.9 Å². The van der Waals surface area contributed by atoms with Crippen molar-refractivity contribution in [1.82, 2.24) is 5.32 Å². The first-order valence-corrected chi connectivity index (χ1v) is 14.1. The quantitative estimate of drug-likeness (QED) is 0.133. The van der Waals surface area contributed by atoms with E-state index < -0.39 is 17.6 Å². The Kier molecular flexibility index (Phi) is 14.5. The number of fused-ring (bicyclic) bond motifs is 1. The van der Waals surface area contributed by atoms with Crippen LogP contribution >= 0.6 is 0 Å². The highest BCUT2D eigenvalue weighted by Gasteiger charge is 2.44. The Hall–Kier alpha value is -2.49. The molecule has 1 atom stereocenters. The van der Waals surface area contributed by atoms with Gasteiger partial charge in [0.2, 0.25) is 6.54 Å². The number of esters is 1. The number of amides is 1. The number of aliphatic hydroxyl groups is 2. The van der Waals surface area contributed by atoms with Gasteiger partial charge in [-0.3, -0.25) is 4.79 Å². The van der Waals surface area contributed by atoms with Gasteiger partial charge in [0.1, 0.15) is 11.3 Å². The molecule has 39 heavy (non-hydrogen) atoms. The summed E-state index contributed by atoms with van der Waals surface area (Å²) in [7, 11) is 0. The predicted octanol–water partition coefficient (Wildman–Crippen LogP) is 1.14. The Bertz CT molecular complexity index is 1050. The summed E-state index contributed by atoms with van der Waals surface area (Å²) >= 11 is 0. The molecule has 0 fully saturated rings. The van der Waals surface area contributed by atoms with Crippen LogP contribution < -0.4 is 31.6 Å². The van der Waals surface area contributed by atoms with Gasteiger partial charge in [0.15, 0.2) is 18.1 Å². The lowest BCUT2D eigenvalue weighted by atomic mass is 9.95. The minimum atomic E-state index is -1.69. The van der Waals surface area contributed by atoms with Crippen LogP contribution in [0.15, 0.2) is 42.7 Å². The van der Waals surface area contributed by atoms with E-state index in [0.717, 1.165) is 12.8 Å². The second-order valence-electron chi connectivity index (χ2n) is 9.96. The number of halogens is 1. The average Bonchev–Trinajstić information content (AvgIpc) is 3.17. The minimum Gasteiger partial charge on any atom is -1.00 e. The van der Waals surface area contributed by atoms with Gasteiger partial charge in [0.05, 0.1) is 13.2 Å². The van der Waals surface area contributed by atoms with Gasteiger partial charge in [-0.05, 0) is 18.6 Å². The third-order valence-corrected chi connectivity index (χ3v) is 6.84. The number of pyridine rings is 1. The Morgan fingerprint density at radius 1 is 0.974 bits per heavy atom. The van der Waals surface area contributed by atoms with E-state index in [9.17, 15) is 14.7 Å². The third-order valence-electron chi connectivity index (χ3n) is 6.84. The molecule has 2 heterocycles. The molecule has 0 aliphatic carbocycles. The van der Waals surface area contributed by atoms with E-state index in [1.54, 1.807) is 30.5 Å². The fraction of sp³-hybridized carbons (Fsp3) is 0.567. The van der Waals surface area contributed by atoms with E-state index in [-0.39, 0.29) is 42.3 Å². The van der Waals surface area contributed by atoms with E-state index in [1.807, 2.05) is 6.07 Å². The topological polar surface area (TPSA) is 109 Å². The van der Waals surface area contributed by atoms with Crippen molar-refractivity contribution in [3.63, 3.8) is 0 Å². The Labute approximate surface area is 242 Å². The molecular formula is C30H43BrN2O6.